The van der Waals surface area contributed by atoms with Gasteiger partial charge in [-0.05, 0) is 43.3 Å². The van der Waals surface area contributed by atoms with Gasteiger partial charge in [0.2, 0.25) is 6.79 Å². The molecule has 0 saturated heterocycles. The van der Waals surface area contributed by atoms with Gasteiger partial charge in [0.25, 0.3) is 0 Å². The minimum absolute atomic E-state index is 0.163. The van der Waals surface area contributed by atoms with Crippen LogP contribution < -0.4 is 14.8 Å². The Bertz CT molecular complexity index is 1220. The van der Waals surface area contributed by atoms with E-state index in [1.54, 1.807) is 46.8 Å². The van der Waals surface area contributed by atoms with E-state index in [2.05, 4.69) is 10.4 Å². The number of carbonyl (C=O) groups is 2. The average Bonchev–Trinajstić information content (AvgIpc) is 3.44. The van der Waals surface area contributed by atoms with Crippen LogP contribution in [0.15, 0.2) is 42.5 Å². The summed E-state index contributed by atoms with van der Waals surface area (Å²) in [7, 11) is 0. The Morgan fingerprint density at radius 1 is 1.15 bits per heavy atom. The molecule has 0 unspecified atom stereocenters. The van der Waals surface area contributed by atoms with Gasteiger partial charge in [-0.2, -0.15) is 5.10 Å². The van der Waals surface area contributed by atoms with Gasteiger partial charge in [-0.15, -0.1) is 0 Å². The molecule has 3 heterocycles. The number of anilines is 1. The van der Waals surface area contributed by atoms with Crippen LogP contribution in [0.25, 0.3) is 5.69 Å². The van der Waals surface area contributed by atoms with E-state index in [0.29, 0.717) is 40.7 Å². The maximum Gasteiger partial charge on any atom is 0.359 e. The molecule has 2 aliphatic rings. The molecule has 0 radical (unpaired) electrons. The number of benzene rings is 2. The molecule has 0 spiro atoms. The second-order valence-electron chi connectivity index (χ2n) is 7.55. The number of nitrogens with one attached hydrogen (secondary N) is 1. The first kappa shape index (κ1) is 21.1. The van der Waals surface area contributed by atoms with Gasteiger partial charge in [0.15, 0.2) is 17.2 Å². The van der Waals surface area contributed by atoms with Crippen LogP contribution in [0.5, 0.6) is 11.5 Å². The summed E-state index contributed by atoms with van der Waals surface area (Å²) in [5.41, 5.74) is 3.13. The second kappa shape index (κ2) is 8.67. The third-order valence-corrected chi connectivity index (χ3v) is 5.76. The summed E-state index contributed by atoms with van der Waals surface area (Å²) >= 11 is 6.02. The number of halogens is 1. The van der Waals surface area contributed by atoms with Crippen LogP contribution in [0.2, 0.25) is 5.02 Å². The van der Waals surface area contributed by atoms with Crippen molar-refractivity contribution in [1.29, 1.82) is 0 Å². The minimum Gasteiger partial charge on any atom is -0.461 e. The average molecular weight is 469 g/mol. The van der Waals surface area contributed by atoms with Crippen molar-refractivity contribution in [2.24, 2.45) is 0 Å². The third-order valence-electron chi connectivity index (χ3n) is 5.51. The maximum atomic E-state index is 13.0. The lowest BCUT2D eigenvalue weighted by atomic mass is 10.0. The minimum atomic E-state index is -0.514. The van der Waals surface area contributed by atoms with Crippen LogP contribution in [-0.4, -0.2) is 46.6 Å². The summed E-state index contributed by atoms with van der Waals surface area (Å²) < 4.78 is 17.6. The maximum absolute atomic E-state index is 13.0. The molecule has 9 nitrogen and oxygen atoms in total. The van der Waals surface area contributed by atoms with Crippen LogP contribution in [0.1, 0.15) is 28.7 Å². The molecule has 10 heteroatoms. The van der Waals surface area contributed by atoms with E-state index in [-0.39, 0.29) is 31.7 Å². The Labute approximate surface area is 194 Å². The van der Waals surface area contributed by atoms with Gasteiger partial charge in [0.1, 0.15) is 0 Å². The van der Waals surface area contributed by atoms with Crippen LogP contribution in [0.4, 0.5) is 10.5 Å². The van der Waals surface area contributed by atoms with Gasteiger partial charge in [-0.3, -0.25) is 0 Å². The van der Waals surface area contributed by atoms with Gasteiger partial charge in [-0.25, -0.2) is 14.3 Å². The predicted molar refractivity (Wildman–Crippen MR) is 120 cm³/mol. The lowest BCUT2D eigenvalue weighted by Gasteiger charge is -2.28. The van der Waals surface area contributed by atoms with Crippen molar-refractivity contribution >= 4 is 29.3 Å². The molecule has 0 bridgehead atoms. The molecule has 2 amide bonds. The van der Waals surface area contributed by atoms with Crippen molar-refractivity contribution in [3.8, 4) is 17.2 Å². The smallest absolute Gasteiger partial charge is 0.359 e. The van der Waals surface area contributed by atoms with Crippen molar-refractivity contribution < 1.29 is 23.8 Å². The fourth-order valence-corrected chi connectivity index (χ4v) is 4.05. The molecule has 2 aliphatic heterocycles. The molecular formula is C23H21ClN4O5. The highest BCUT2D eigenvalue weighted by atomic mass is 35.5. The molecule has 0 aliphatic carbocycles. The molecule has 2 aromatic carbocycles. The number of nitrogens with zero attached hydrogens (tertiary/aromatic N) is 3. The second-order valence-corrected chi connectivity index (χ2v) is 7.99. The highest BCUT2D eigenvalue weighted by Crippen LogP contribution is 2.34. The highest BCUT2D eigenvalue weighted by molar-refractivity contribution is 6.30. The normalized spacial score (nSPS) is 14.1. The van der Waals surface area contributed by atoms with Crippen LogP contribution >= 0.6 is 11.6 Å². The van der Waals surface area contributed by atoms with E-state index in [0.717, 1.165) is 11.4 Å². The van der Waals surface area contributed by atoms with Gasteiger partial charge >= 0.3 is 12.0 Å². The summed E-state index contributed by atoms with van der Waals surface area (Å²) in [6.07, 6.45) is 0.527. The molecule has 3 aromatic rings. The number of esters is 1. The monoisotopic (exact) mass is 468 g/mol. The number of hydrogen-bond acceptors (Lipinski definition) is 6. The fraction of sp³-hybridized carbons (Fsp3) is 0.261. The SMILES string of the molecule is CCOC(=O)c1nn(-c2ccc(Cl)cc2)c2c1CN(C(=O)Nc1ccc3c(c1)OCO3)CC2. The Kier molecular flexibility index (Phi) is 5.55. The molecule has 1 N–H and O–H groups in total. The summed E-state index contributed by atoms with van der Waals surface area (Å²) in [5.74, 6) is 0.714. The summed E-state index contributed by atoms with van der Waals surface area (Å²) in [6.45, 7) is 2.83. The van der Waals surface area contributed by atoms with Gasteiger partial charge in [0.05, 0.1) is 24.5 Å². The number of fused-ring (bicyclic) bond motifs is 2. The first-order valence-corrected chi connectivity index (χ1v) is 10.9. The molecule has 1 aromatic heterocycles. The number of amides is 2. The number of rotatable bonds is 4. The molecule has 0 atom stereocenters. The topological polar surface area (TPSA) is 94.9 Å². The van der Waals surface area contributed by atoms with E-state index in [1.165, 1.54) is 0 Å². The molecule has 0 fully saturated rings. The van der Waals surface area contributed by atoms with Crippen LogP contribution in [0.3, 0.4) is 0 Å². The van der Waals surface area contributed by atoms with Crippen molar-refractivity contribution in [1.82, 2.24) is 14.7 Å². The van der Waals surface area contributed by atoms with Crippen LogP contribution in [-0.2, 0) is 17.7 Å². The summed E-state index contributed by atoms with van der Waals surface area (Å²) in [5, 5.41) is 8.03. The van der Waals surface area contributed by atoms with E-state index in [1.807, 2.05) is 12.1 Å². The van der Waals surface area contributed by atoms with Gasteiger partial charge < -0.3 is 24.4 Å². The fourth-order valence-electron chi connectivity index (χ4n) is 3.93. The first-order valence-electron chi connectivity index (χ1n) is 10.5. The predicted octanol–water partition coefficient (Wildman–Crippen LogP) is 4.02. The van der Waals surface area contributed by atoms with E-state index in [4.69, 9.17) is 25.8 Å². The van der Waals surface area contributed by atoms with E-state index >= 15 is 0 Å². The summed E-state index contributed by atoms with van der Waals surface area (Å²) in [4.78, 5) is 27.3. The van der Waals surface area contributed by atoms with Crippen molar-refractivity contribution in [2.45, 2.75) is 19.9 Å². The largest absolute Gasteiger partial charge is 0.461 e. The zero-order chi connectivity index (χ0) is 22.9. The standard InChI is InChI=1S/C23H21ClN4O5/c1-2-31-22(29)21-17-12-27(23(30)25-15-5-8-19-20(11-15)33-13-32-19)10-9-18(17)28(26-21)16-6-3-14(24)4-7-16/h3-8,11H,2,9-10,12-13H2,1H3,(H,25,30). The number of ether oxygens (including phenoxy) is 3. The van der Waals surface area contributed by atoms with Gasteiger partial charge in [-0.1, -0.05) is 11.6 Å². The Hall–Kier alpha value is -3.72. The highest BCUT2D eigenvalue weighted by Gasteiger charge is 2.31. The van der Waals surface area contributed by atoms with Crippen molar-refractivity contribution in [3.63, 3.8) is 0 Å². The lowest BCUT2D eigenvalue weighted by molar-refractivity contribution is 0.0516. The quantitative estimate of drug-likeness (QED) is 0.581. The summed E-state index contributed by atoms with van der Waals surface area (Å²) in [6, 6.07) is 12.1. The molecule has 170 valence electrons. The van der Waals surface area contributed by atoms with Crippen LogP contribution in [0, 0.1) is 0 Å². The number of hydrogen-bond donors (Lipinski definition) is 1. The number of carbonyl (C=O) groups excluding carboxylic acids is 2. The molecular weight excluding hydrogens is 448 g/mol. The Balaban J connectivity index is 1.41. The van der Waals surface area contributed by atoms with Gasteiger partial charge in [0, 0.05) is 35.3 Å². The number of urea groups is 1. The Morgan fingerprint density at radius 2 is 1.94 bits per heavy atom. The number of aromatic nitrogens is 2. The molecule has 5 rings (SSSR count). The zero-order valence-corrected chi connectivity index (χ0v) is 18.6. The zero-order valence-electron chi connectivity index (χ0n) is 17.8. The molecule has 33 heavy (non-hydrogen) atoms. The van der Waals surface area contributed by atoms with Crippen molar-refractivity contribution in [3.05, 3.63) is 64.4 Å². The third kappa shape index (κ3) is 4.07. The molecule has 0 saturated carbocycles. The van der Waals surface area contributed by atoms with Crippen molar-refractivity contribution in [2.75, 3.05) is 25.3 Å². The van der Waals surface area contributed by atoms with E-state index < -0.39 is 5.97 Å². The Morgan fingerprint density at radius 3 is 2.73 bits per heavy atom. The van der Waals surface area contributed by atoms with E-state index in [9.17, 15) is 9.59 Å². The first-order chi connectivity index (χ1) is 16.0. The lowest BCUT2D eigenvalue weighted by Crippen LogP contribution is -2.39.